The van der Waals surface area contributed by atoms with Crippen molar-refractivity contribution < 1.29 is 14.4 Å². The van der Waals surface area contributed by atoms with E-state index in [1.807, 2.05) is 23.1 Å². The van der Waals surface area contributed by atoms with E-state index in [1.165, 1.54) is 22.9 Å². The van der Waals surface area contributed by atoms with Crippen molar-refractivity contribution in [1.29, 1.82) is 0 Å². The predicted molar refractivity (Wildman–Crippen MR) is 92.3 cm³/mol. The van der Waals surface area contributed by atoms with Crippen LogP contribution in [0.3, 0.4) is 0 Å². The van der Waals surface area contributed by atoms with E-state index in [-0.39, 0.29) is 5.91 Å². The molecular weight excluding hydrogens is 308 g/mol. The molecule has 2 saturated heterocycles. The van der Waals surface area contributed by atoms with Crippen LogP contribution < -0.4 is 4.90 Å². The second-order valence-corrected chi connectivity index (χ2v) is 7.61. The van der Waals surface area contributed by atoms with Crippen molar-refractivity contribution in [2.75, 3.05) is 39.3 Å². The Kier molecular flexibility index (Phi) is 4.33. The van der Waals surface area contributed by atoms with Gasteiger partial charge in [-0.15, -0.1) is 11.3 Å². The molecule has 2 aliphatic heterocycles. The summed E-state index contributed by atoms with van der Waals surface area (Å²) in [7, 11) is 0. The van der Waals surface area contributed by atoms with Crippen LogP contribution in [-0.2, 0) is 4.74 Å². The fourth-order valence-electron chi connectivity index (χ4n) is 3.60. The van der Waals surface area contributed by atoms with Crippen LogP contribution in [-0.4, -0.2) is 56.2 Å². The largest absolute Gasteiger partial charge is 0.372 e. The summed E-state index contributed by atoms with van der Waals surface area (Å²) in [6.07, 6.45) is 2.84. The molecule has 3 heterocycles. The maximum Gasteiger partial charge on any atom is 0.264 e. The standard InChI is InChI=1S/C18H22N2O2S/c21-18(17-12-14-4-1-2-6-16(14)23-17)20-9-7-19(8-10-20)13-15-5-3-11-22-15/h1-2,4,6,12,15H,3,5,7-11,13H2/p+1/t15-/m0/s1. The molecule has 1 amide bonds. The highest BCUT2D eigenvalue weighted by Gasteiger charge is 2.28. The first kappa shape index (κ1) is 15.1. The summed E-state index contributed by atoms with van der Waals surface area (Å²) in [6, 6.07) is 10.2. The number of amides is 1. The maximum atomic E-state index is 12.7. The summed E-state index contributed by atoms with van der Waals surface area (Å²) in [5.41, 5.74) is 0. The number of piperazine rings is 1. The summed E-state index contributed by atoms with van der Waals surface area (Å²) in [6.45, 7) is 5.82. The van der Waals surface area contributed by atoms with E-state index in [0.29, 0.717) is 6.10 Å². The highest BCUT2D eigenvalue weighted by molar-refractivity contribution is 7.20. The number of carbonyl (C=O) groups excluding carboxylic acids is 1. The molecule has 1 aromatic heterocycles. The smallest absolute Gasteiger partial charge is 0.264 e. The lowest BCUT2D eigenvalue weighted by Gasteiger charge is -2.33. The van der Waals surface area contributed by atoms with Crippen LogP contribution in [0, 0.1) is 0 Å². The quantitative estimate of drug-likeness (QED) is 0.923. The van der Waals surface area contributed by atoms with Crippen molar-refractivity contribution in [3.8, 4) is 0 Å². The number of quaternary nitrogens is 1. The minimum Gasteiger partial charge on any atom is -0.372 e. The van der Waals surface area contributed by atoms with E-state index < -0.39 is 0 Å². The topological polar surface area (TPSA) is 34.0 Å². The van der Waals surface area contributed by atoms with Gasteiger partial charge in [-0.1, -0.05) is 18.2 Å². The third kappa shape index (κ3) is 3.27. The van der Waals surface area contributed by atoms with Crippen LogP contribution in [0.1, 0.15) is 22.5 Å². The van der Waals surface area contributed by atoms with E-state index in [1.54, 1.807) is 16.2 Å². The van der Waals surface area contributed by atoms with Gasteiger partial charge < -0.3 is 14.5 Å². The first-order chi connectivity index (χ1) is 11.3. The fourth-order valence-corrected chi connectivity index (χ4v) is 4.63. The van der Waals surface area contributed by atoms with Crippen molar-refractivity contribution >= 4 is 27.3 Å². The van der Waals surface area contributed by atoms with Crippen LogP contribution in [0.2, 0.25) is 0 Å². The third-order valence-corrected chi connectivity index (χ3v) is 6.04. The van der Waals surface area contributed by atoms with Crippen molar-refractivity contribution in [2.45, 2.75) is 18.9 Å². The average molecular weight is 331 g/mol. The number of nitrogens with zero attached hydrogens (tertiary/aromatic N) is 1. The number of hydrogen-bond donors (Lipinski definition) is 1. The molecule has 5 heteroatoms. The number of thiophene rings is 1. The average Bonchev–Trinajstić information content (AvgIpc) is 3.24. The van der Waals surface area contributed by atoms with Gasteiger partial charge in [-0.05, 0) is 30.4 Å². The first-order valence-corrected chi connectivity index (χ1v) is 9.34. The van der Waals surface area contributed by atoms with Gasteiger partial charge >= 0.3 is 0 Å². The second-order valence-electron chi connectivity index (χ2n) is 6.53. The Morgan fingerprint density at radius 2 is 2.13 bits per heavy atom. The van der Waals surface area contributed by atoms with Crippen LogP contribution in [0.5, 0.6) is 0 Å². The molecule has 23 heavy (non-hydrogen) atoms. The highest BCUT2D eigenvalue weighted by Crippen LogP contribution is 2.26. The van der Waals surface area contributed by atoms with E-state index in [4.69, 9.17) is 4.74 Å². The molecule has 2 aromatic rings. The summed E-state index contributed by atoms with van der Waals surface area (Å²) in [5, 5.41) is 1.17. The van der Waals surface area contributed by atoms with Crippen LogP contribution >= 0.6 is 11.3 Å². The molecule has 0 spiro atoms. The maximum absolute atomic E-state index is 12.7. The highest BCUT2D eigenvalue weighted by atomic mass is 32.1. The first-order valence-electron chi connectivity index (χ1n) is 8.52. The third-order valence-electron chi connectivity index (χ3n) is 4.93. The normalized spacial score (nSPS) is 22.8. The molecule has 1 aromatic carbocycles. The predicted octanol–water partition coefficient (Wildman–Crippen LogP) is 1.42. The Morgan fingerprint density at radius 3 is 2.87 bits per heavy atom. The van der Waals surface area contributed by atoms with Gasteiger partial charge in [-0.25, -0.2) is 0 Å². The molecule has 2 fully saturated rings. The molecule has 1 N–H and O–H groups in total. The number of rotatable bonds is 3. The number of hydrogen-bond acceptors (Lipinski definition) is 3. The Bertz CT molecular complexity index is 652. The molecule has 4 rings (SSSR count). The zero-order chi connectivity index (χ0) is 15.6. The van der Waals surface area contributed by atoms with E-state index in [2.05, 4.69) is 12.1 Å². The number of carbonyl (C=O) groups is 1. The zero-order valence-electron chi connectivity index (χ0n) is 13.3. The molecule has 1 atom stereocenters. The van der Waals surface area contributed by atoms with Gasteiger partial charge in [0.1, 0.15) is 12.6 Å². The summed E-state index contributed by atoms with van der Waals surface area (Å²) in [5.74, 6) is 0.197. The van der Waals surface area contributed by atoms with Crippen molar-refractivity contribution in [3.05, 3.63) is 35.2 Å². The Hall–Kier alpha value is -1.43. The summed E-state index contributed by atoms with van der Waals surface area (Å²) >= 11 is 1.61. The molecule has 0 bridgehead atoms. The fraction of sp³-hybridized carbons (Fsp3) is 0.500. The van der Waals surface area contributed by atoms with Gasteiger partial charge in [0, 0.05) is 11.3 Å². The second kappa shape index (κ2) is 6.59. The minimum atomic E-state index is 0.197. The molecule has 0 saturated carbocycles. The molecule has 0 unspecified atom stereocenters. The van der Waals surface area contributed by atoms with Gasteiger partial charge in [0.25, 0.3) is 5.91 Å². The summed E-state index contributed by atoms with van der Waals surface area (Å²) in [4.78, 5) is 17.2. The SMILES string of the molecule is O=C(c1cc2ccccc2s1)N1CC[NH+](C[C@@H]2CCCO2)CC1. The molecule has 0 radical (unpaired) electrons. The number of ether oxygens (including phenoxy) is 1. The van der Waals surface area contributed by atoms with Gasteiger partial charge in [0.15, 0.2) is 0 Å². The molecule has 0 aliphatic carbocycles. The van der Waals surface area contributed by atoms with Crippen molar-refractivity contribution in [2.24, 2.45) is 0 Å². The van der Waals surface area contributed by atoms with Gasteiger partial charge in [-0.2, -0.15) is 0 Å². The minimum absolute atomic E-state index is 0.197. The van der Waals surface area contributed by atoms with Crippen LogP contribution in [0.25, 0.3) is 10.1 Å². The van der Waals surface area contributed by atoms with Crippen LogP contribution in [0.4, 0.5) is 0 Å². The lowest BCUT2D eigenvalue weighted by Crippen LogP contribution is -3.15. The van der Waals surface area contributed by atoms with E-state index in [0.717, 1.165) is 44.2 Å². The Morgan fingerprint density at radius 1 is 1.30 bits per heavy atom. The van der Waals surface area contributed by atoms with E-state index in [9.17, 15) is 4.79 Å². The van der Waals surface area contributed by atoms with Crippen molar-refractivity contribution in [1.82, 2.24) is 4.90 Å². The Labute approximate surface area is 140 Å². The monoisotopic (exact) mass is 331 g/mol. The molecule has 4 nitrogen and oxygen atoms in total. The zero-order valence-corrected chi connectivity index (χ0v) is 14.1. The molecule has 122 valence electrons. The lowest BCUT2D eigenvalue weighted by atomic mass is 10.2. The van der Waals surface area contributed by atoms with Gasteiger partial charge in [0.2, 0.25) is 0 Å². The van der Waals surface area contributed by atoms with Crippen molar-refractivity contribution in [3.63, 3.8) is 0 Å². The summed E-state index contributed by atoms with van der Waals surface area (Å²) < 4.78 is 6.93. The number of benzene rings is 1. The molecule has 2 aliphatic rings. The Balaban J connectivity index is 1.36. The molecular formula is C18H23N2O2S+. The van der Waals surface area contributed by atoms with Crippen LogP contribution in [0.15, 0.2) is 30.3 Å². The lowest BCUT2D eigenvalue weighted by molar-refractivity contribution is -0.906. The number of nitrogens with one attached hydrogen (secondary N) is 1. The number of fused-ring (bicyclic) bond motifs is 1. The van der Waals surface area contributed by atoms with Gasteiger partial charge in [0.05, 0.1) is 31.1 Å². The van der Waals surface area contributed by atoms with E-state index >= 15 is 0 Å². The van der Waals surface area contributed by atoms with Gasteiger partial charge in [-0.3, -0.25) is 4.79 Å².